The van der Waals surface area contributed by atoms with Gasteiger partial charge in [-0.15, -0.1) is 11.8 Å². The van der Waals surface area contributed by atoms with E-state index in [1.165, 1.54) is 6.26 Å². The van der Waals surface area contributed by atoms with E-state index in [4.69, 9.17) is 5.26 Å². The van der Waals surface area contributed by atoms with Gasteiger partial charge in [0.05, 0.1) is 5.56 Å². The molecule has 0 N–H and O–H groups in total. The molecule has 5 nitrogen and oxygen atoms in total. The van der Waals surface area contributed by atoms with E-state index in [9.17, 15) is 21.6 Å². The first kappa shape index (κ1) is 14.6. The SMILES string of the molecule is CSc1nc(OS(=O)(=O)C(F)(F)F)ccc1C#N. The van der Waals surface area contributed by atoms with Gasteiger partial charge in [0, 0.05) is 6.07 Å². The third-order valence-corrected chi connectivity index (χ3v) is 3.28. The molecule has 0 saturated carbocycles. The lowest BCUT2D eigenvalue weighted by Crippen LogP contribution is -2.28. The topological polar surface area (TPSA) is 80.0 Å². The van der Waals surface area contributed by atoms with E-state index in [1.54, 1.807) is 6.07 Å². The zero-order chi connectivity index (χ0) is 14.0. The van der Waals surface area contributed by atoms with E-state index < -0.39 is 21.5 Å². The molecule has 0 aromatic carbocycles. The smallest absolute Gasteiger partial charge is 0.355 e. The van der Waals surface area contributed by atoms with Gasteiger partial charge in [-0.3, -0.25) is 0 Å². The van der Waals surface area contributed by atoms with Crippen LogP contribution < -0.4 is 4.18 Å². The number of aromatic nitrogens is 1. The minimum atomic E-state index is -5.75. The van der Waals surface area contributed by atoms with Crippen molar-refractivity contribution in [3.8, 4) is 11.9 Å². The van der Waals surface area contributed by atoms with Crippen LogP contribution in [0.25, 0.3) is 0 Å². The number of hydrogen-bond acceptors (Lipinski definition) is 6. The summed E-state index contributed by atoms with van der Waals surface area (Å²) in [5.41, 5.74) is -5.42. The lowest BCUT2D eigenvalue weighted by atomic mass is 10.3. The summed E-state index contributed by atoms with van der Waals surface area (Å²) in [7, 11) is -5.75. The average Bonchev–Trinajstić information content (AvgIpc) is 2.26. The molecule has 1 aromatic rings. The van der Waals surface area contributed by atoms with Crippen molar-refractivity contribution in [1.29, 1.82) is 5.26 Å². The van der Waals surface area contributed by atoms with Gasteiger partial charge in [-0.2, -0.15) is 26.9 Å². The van der Waals surface area contributed by atoms with E-state index in [0.29, 0.717) is 0 Å². The highest BCUT2D eigenvalue weighted by molar-refractivity contribution is 7.98. The fraction of sp³-hybridized carbons (Fsp3) is 0.250. The van der Waals surface area contributed by atoms with Crippen molar-refractivity contribution in [2.24, 2.45) is 0 Å². The second kappa shape index (κ2) is 5.03. The fourth-order valence-corrected chi connectivity index (χ4v) is 1.80. The lowest BCUT2D eigenvalue weighted by Gasteiger charge is -2.09. The zero-order valence-electron chi connectivity index (χ0n) is 8.72. The van der Waals surface area contributed by atoms with Gasteiger partial charge in [0.15, 0.2) is 0 Å². The molecule has 1 heterocycles. The van der Waals surface area contributed by atoms with E-state index >= 15 is 0 Å². The molecule has 0 atom stereocenters. The summed E-state index contributed by atoms with van der Waals surface area (Å²) in [6, 6.07) is 3.76. The van der Waals surface area contributed by atoms with E-state index in [2.05, 4.69) is 9.17 Å². The molecule has 1 rings (SSSR count). The Morgan fingerprint density at radius 3 is 2.50 bits per heavy atom. The van der Waals surface area contributed by atoms with Crippen LogP contribution in [-0.2, 0) is 10.1 Å². The molecule has 0 bridgehead atoms. The number of rotatable bonds is 3. The predicted octanol–water partition coefficient (Wildman–Crippen LogP) is 1.90. The van der Waals surface area contributed by atoms with Crippen LogP contribution >= 0.6 is 11.8 Å². The van der Waals surface area contributed by atoms with Crippen molar-refractivity contribution in [3.05, 3.63) is 17.7 Å². The van der Waals surface area contributed by atoms with Crippen molar-refractivity contribution in [2.75, 3.05) is 6.26 Å². The molecule has 0 amide bonds. The van der Waals surface area contributed by atoms with Crippen LogP contribution in [0.4, 0.5) is 13.2 Å². The molecule has 0 aliphatic heterocycles. The van der Waals surface area contributed by atoms with Gasteiger partial charge < -0.3 is 4.18 Å². The summed E-state index contributed by atoms with van der Waals surface area (Å²) in [5.74, 6) is -0.740. The summed E-state index contributed by atoms with van der Waals surface area (Å²) in [6.07, 6.45) is 1.53. The molecule has 0 unspecified atom stereocenters. The molecule has 0 fully saturated rings. The Morgan fingerprint density at radius 2 is 2.06 bits per heavy atom. The Kier molecular flexibility index (Phi) is 4.08. The quantitative estimate of drug-likeness (QED) is 0.482. The zero-order valence-corrected chi connectivity index (χ0v) is 10.4. The molecule has 0 aliphatic carbocycles. The molecule has 98 valence electrons. The molecular formula is C8H5F3N2O3S2. The first-order valence-electron chi connectivity index (χ1n) is 4.17. The molecule has 1 aromatic heterocycles. The van der Waals surface area contributed by atoms with Crippen LogP contribution in [0.5, 0.6) is 5.88 Å². The Morgan fingerprint density at radius 1 is 1.44 bits per heavy atom. The Hall–Kier alpha value is -1.47. The predicted molar refractivity (Wildman–Crippen MR) is 56.3 cm³/mol. The lowest BCUT2D eigenvalue weighted by molar-refractivity contribution is -0.0501. The van der Waals surface area contributed by atoms with Gasteiger partial charge in [-0.1, -0.05) is 0 Å². The second-order valence-corrected chi connectivity index (χ2v) is 5.13. The molecular weight excluding hydrogens is 293 g/mol. The average molecular weight is 298 g/mol. The second-order valence-electron chi connectivity index (χ2n) is 2.80. The van der Waals surface area contributed by atoms with E-state index in [1.807, 2.05) is 0 Å². The largest absolute Gasteiger partial charge is 0.534 e. The van der Waals surface area contributed by atoms with Gasteiger partial charge in [-0.05, 0) is 12.3 Å². The van der Waals surface area contributed by atoms with Crippen LogP contribution in [0, 0.1) is 11.3 Å². The molecule has 0 radical (unpaired) electrons. The molecule has 18 heavy (non-hydrogen) atoms. The van der Waals surface area contributed by atoms with Gasteiger partial charge in [0.1, 0.15) is 11.1 Å². The summed E-state index contributed by atoms with van der Waals surface area (Å²) in [5, 5.41) is 8.74. The number of halogens is 3. The Labute approximate surface area is 105 Å². The summed E-state index contributed by atoms with van der Waals surface area (Å²) < 4.78 is 61.4. The normalized spacial score (nSPS) is 11.9. The highest BCUT2D eigenvalue weighted by atomic mass is 32.2. The number of pyridine rings is 1. The molecule has 0 saturated heterocycles. The first-order chi connectivity index (χ1) is 8.21. The monoisotopic (exact) mass is 298 g/mol. The highest BCUT2D eigenvalue weighted by Crippen LogP contribution is 2.27. The molecule has 10 heteroatoms. The van der Waals surface area contributed by atoms with E-state index in [-0.39, 0.29) is 10.6 Å². The van der Waals surface area contributed by atoms with Crippen molar-refractivity contribution >= 4 is 21.9 Å². The van der Waals surface area contributed by atoms with Gasteiger partial charge in [-0.25, -0.2) is 4.98 Å². The number of nitrogens with zero attached hydrogens (tertiary/aromatic N) is 2. The first-order valence-corrected chi connectivity index (χ1v) is 6.80. The maximum absolute atomic E-state index is 12.0. The third-order valence-electron chi connectivity index (χ3n) is 1.63. The van der Waals surface area contributed by atoms with Gasteiger partial charge in [0.25, 0.3) is 0 Å². The molecule has 0 aliphatic rings. The molecule has 0 spiro atoms. The minimum absolute atomic E-state index is 0.0763. The maximum Gasteiger partial charge on any atom is 0.534 e. The Balaban J connectivity index is 3.12. The van der Waals surface area contributed by atoms with Gasteiger partial charge in [0.2, 0.25) is 5.88 Å². The van der Waals surface area contributed by atoms with Crippen LogP contribution in [-0.4, -0.2) is 25.2 Å². The summed E-state index contributed by atoms with van der Waals surface area (Å²) in [4.78, 5) is 3.50. The standard InChI is InChI=1S/C8H5F3N2O3S2/c1-17-7-5(4-12)2-3-6(13-7)16-18(14,15)8(9,10)11/h2-3H,1H3. The number of hydrogen-bond donors (Lipinski definition) is 0. The minimum Gasteiger partial charge on any atom is -0.355 e. The van der Waals surface area contributed by atoms with Crippen LogP contribution in [0.15, 0.2) is 17.2 Å². The number of alkyl halides is 3. The third kappa shape index (κ3) is 3.05. The number of nitriles is 1. The van der Waals surface area contributed by atoms with Crippen LogP contribution in [0.2, 0.25) is 0 Å². The van der Waals surface area contributed by atoms with Crippen molar-refractivity contribution in [3.63, 3.8) is 0 Å². The summed E-state index contributed by atoms with van der Waals surface area (Å²) in [6.45, 7) is 0. The van der Waals surface area contributed by atoms with Crippen molar-refractivity contribution < 1.29 is 25.8 Å². The van der Waals surface area contributed by atoms with Crippen LogP contribution in [0.3, 0.4) is 0 Å². The maximum atomic E-state index is 12.0. The fourth-order valence-electron chi connectivity index (χ4n) is 0.870. The van der Waals surface area contributed by atoms with Crippen molar-refractivity contribution in [1.82, 2.24) is 4.98 Å². The Bertz CT molecular complexity index is 593. The van der Waals surface area contributed by atoms with Crippen molar-refractivity contribution in [2.45, 2.75) is 10.5 Å². The van der Waals surface area contributed by atoms with Gasteiger partial charge >= 0.3 is 15.6 Å². The highest BCUT2D eigenvalue weighted by Gasteiger charge is 2.48. The summed E-state index contributed by atoms with van der Waals surface area (Å²) >= 11 is 0.978. The van der Waals surface area contributed by atoms with Crippen LogP contribution in [0.1, 0.15) is 5.56 Å². The number of thioether (sulfide) groups is 1. The van der Waals surface area contributed by atoms with E-state index in [0.717, 1.165) is 23.9 Å².